The van der Waals surface area contributed by atoms with Crippen molar-refractivity contribution in [2.24, 2.45) is 0 Å². The molecule has 0 fully saturated rings. The third kappa shape index (κ3) is 5.60. The van der Waals surface area contributed by atoms with Crippen molar-refractivity contribution in [1.29, 1.82) is 0 Å². The molecule has 4 aromatic carbocycles. The number of carbonyl (C=O) groups excluding carboxylic acids is 2. The van der Waals surface area contributed by atoms with Crippen molar-refractivity contribution < 1.29 is 35.9 Å². The maximum Gasteiger partial charge on any atom is 0.418 e. The summed E-state index contributed by atoms with van der Waals surface area (Å²) in [6.07, 6.45) is -9.01. The molecule has 2 N–H and O–H groups in total. The number of benzene rings is 4. The molecule has 0 saturated heterocycles. The number of nitrogens with zero attached hydrogens (tertiary/aromatic N) is 2. The minimum atomic E-state index is -4.51. The Bertz CT molecular complexity index is 1520. The highest BCUT2D eigenvalue weighted by Gasteiger charge is 2.38. The molecule has 0 spiro atoms. The minimum absolute atomic E-state index is 0.00292. The average Bonchev–Trinajstić information content (AvgIpc) is 2.97. The summed E-state index contributed by atoms with van der Waals surface area (Å²) in [6.45, 7) is 0.00583. The molecule has 216 valence electrons. The normalized spacial score (nSPS) is 14.6. The molecule has 0 bridgehead atoms. The highest BCUT2D eigenvalue weighted by molar-refractivity contribution is 6.12. The van der Waals surface area contributed by atoms with Gasteiger partial charge in [0.25, 0.3) is 11.8 Å². The zero-order valence-corrected chi connectivity index (χ0v) is 21.6. The quantitative estimate of drug-likeness (QED) is 0.240. The molecule has 6 rings (SSSR count). The number of amides is 2. The first-order valence-corrected chi connectivity index (χ1v) is 12.6. The Morgan fingerprint density at radius 1 is 0.500 bits per heavy atom. The molecule has 0 saturated carbocycles. The summed E-state index contributed by atoms with van der Waals surface area (Å²) in [5.41, 5.74) is 0.0565. The second-order valence-corrected chi connectivity index (χ2v) is 9.26. The predicted octanol–water partition coefficient (Wildman–Crippen LogP) is 7.47. The first kappa shape index (κ1) is 28.5. The molecule has 12 heteroatoms. The number of hydrogen-bond acceptors (Lipinski definition) is 4. The van der Waals surface area contributed by atoms with Gasteiger partial charge in [-0.3, -0.25) is 19.4 Å². The van der Waals surface area contributed by atoms with Gasteiger partial charge in [0, 0.05) is 11.4 Å². The van der Waals surface area contributed by atoms with Crippen LogP contribution in [-0.4, -0.2) is 25.2 Å². The fourth-order valence-corrected chi connectivity index (χ4v) is 4.70. The lowest BCUT2D eigenvalue weighted by atomic mass is 10.1. The Balaban J connectivity index is 0.000000168. The van der Waals surface area contributed by atoms with Crippen molar-refractivity contribution in [3.63, 3.8) is 0 Å². The number of halogens is 6. The monoisotopic (exact) mass is 584 g/mol. The summed E-state index contributed by atoms with van der Waals surface area (Å²) in [5.74, 6) is -0.887. The molecule has 2 aliphatic rings. The van der Waals surface area contributed by atoms with Crippen LogP contribution in [0.1, 0.15) is 31.8 Å². The molecule has 42 heavy (non-hydrogen) atoms. The second-order valence-electron chi connectivity index (χ2n) is 9.26. The Morgan fingerprint density at radius 2 is 0.833 bits per heavy atom. The van der Waals surface area contributed by atoms with E-state index in [1.165, 1.54) is 36.4 Å². The van der Waals surface area contributed by atoms with Gasteiger partial charge in [0.2, 0.25) is 0 Å². The number of carbonyl (C=O) groups is 2. The molecule has 0 atom stereocenters. The van der Waals surface area contributed by atoms with Crippen LogP contribution < -0.4 is 20.4 Å². The van der Waals surface area contributed by atoms with E-state index in [9.17, 15) is 35.9 Å². The second kappa shape index (κ2) is 11.1. The summed E-state index contributed by atoms with van der Waals surface area (Å²) in [4.78, 5) is 27.0. The summed E-state index contributed by atoms with van der Waals surface area (Å²) >= 11 is 0. The summed E-state index contributed by atoms with van der Waals surface area (Å²) in [7, 11) is 0. The van der Waals surface area contributed by atoms with Gasteiger partial charge in [-0.15, -0.1) is 0 Å². The number of anilines is 4. The molecule has 0 aromatic heterocycles. The first-order valence-electron chi connectivity index (χ1n) is 12.6. The standard InChI is InChI=1S/2C15H11F3N2O/c2*16-15(17,18)11-6-2-4-8-13(11)20-9-19-12-7-3-1-5-10(12)14(20)21/h2*1-8,19H,9H2. The highest BCUT2D eigenvalue weighted by atomic mass is 19.4. The van der Waals surface area contributed by atoms with Gasteiger partial charge in [0.05, 0.1) is 47.0 Å². The molecular formula is C30H22F6N4O2. The molecule has 0 radical (unpaired) electrons. The number of hydrogen-bond donors (Lipinski definition) is 2. The fraction of sp³-hybridized carbons (Fsp3) is 0.133. The van der Waals surface area contributed by atoms with Crippen LogP contribution in [0.2, 0.25) is 0 Å². The van der Waals surface area contributed by atoms with Crippen LogP contribution in [-0.2, 0) is 12.4 Å². The van der Waals surface area contributed by atoms with Crippen LogP contribution in [0.3, 0.4) is 0 Å². The van der Waals surface area contributed by atoms with Crippen molar-refractivity contribution >= 4 is 34.6 Å². The molecule has 2 heterocycles. The van der Waals surface area contributed by atoms with Gasteiger partial charge in [0.15, 0.2) is 0 Å². The molecule has 2 aliphatic heterocycles. The van der Waals surface area contributed by atoms with Crippen LogP contribution >= 0.6 is 0 Å². The molecule has 4 aromatic rings. The molecule has 2 amide bonds. The predicted molar refractivity (Wildman–Crippen MR) is 146 cm³/mol. The lowest BCUT2D eigenvalue weighted by Crippen LogP contribution is -2.41. The van der Waals surface area contributed by atoms with Crippen LogP contribution in [0.5, 0.6) is 0 Å². The number of alkyl halides is 6. The van der Waals surface area contributed by atoms with Crippen LogP contribution in [0.25, 0.3) is 0 Å². The molecular weight excluding hydrogens is 562 g/mol. The third-order valence-electron chi connectivity index (χ3n) is 6.66. The molecule has 0 unspecified atom stereocenters. The Labute approximate surface area is 236 Å². The Morgan fingerprint density at radius 3 is 1.21 bits per heavy atom. The van der Waals surface area contributed by atoms with E-state index in [2.05, 4.69) is 10.6 Å². The number of para-hydroxylation sites is 4. The first-order chi connectivity index (χ1) is 20.0. The van der Waals surface area contributed by atoms with Gasteiger partial charge >= 0.3 is 12.4 Å². The highest BCUT2D eigenvalue weighted by Crippen LogP contribution is 2.39. The van der Waals surface area contributed by atoms with Gasteiger partial charge in [-0.05, 0) is 48.5 Å². The smallest absolute Gasteiger partial charge is 0.367 e. The van der Waals surface area contributed by atoms with Gasteiger partial charge in [0.1, 0.15) is 0 Å². The third-order valence-corrected chi connectivity index (χ3v) is 6.66. The minimum Gasteiger partial charge on any atom is -0.367 e. The lowest BCUT2D eigenvalue weighted by molar-refractivity contribution is -0.137. The number of nitrogens with one attached hydrogen (secondary N) is 2. The topological polar surface area (TPSA) is 64.7 Å². The van der Waals surface area contributed by atoms with Gasteiger partial charge in [-0.25, -0.2) is 0 Å². The van der Waals surface area contributed by atoms with E-state index in [0.29, 0.717) is 22.5 Å². The van der Waals surface area contributed by atoms with E-state index in [4.69, 9.17) is 0 Å². The van der Waals surface area contributed by atoms with E-state index < -0.39 is 35.3 Å². The number of fused-ring (bicyclic) bond motifs is 2. The SMILES string of the molecule is O=C1c2ccccc2NCN1c1ccccc1C(F)(F)F.O=C1c2ccccc2NCN1c1ccccc1C(F)(F)F. The van der Waals surface area contributed by atoms with Crippen molar-refractivity contribution in [3.05, 3.63) is 119 Å². The van der Waals surface area contributed by atoms with E-state index in [0.717, 1.165) is 21.9 Å². The van der Waals surface area contributed by atoms with Crippen molar-refractivity contribution in [2.75, 3.05) is 33.8 Å². The van der Waals surface area contributed by atoms with Crippen LogP contribution in [0, 0.1) is 0 Å². The van der Waals surface area contributed by atoms with Crippen molar-refractivity contribution in [1.82, 2.24) is 0 Å². The van der Waals surface area contributed by atoms with Gasteiger partial charge in [-0.1, -0.05) is 48.5 Å². The van der Waals surface area contributed by atoms with E-state index in [-0.39, 0.29) is 24.7 Å². The Kier molecular flexibility index (Phi) is 7.55. The maximum atomic E-state index is 13.1. The molecule has 6 nitrogen and oxygen atoms in total. The summed E-state index contributed by atoms with van der Waals surface area (Å²) in [5, 5.41) is 5.92. The van der Waals surface area contributed by atoms with Crippen molar-refractivity contribution in [2.45, 2.75) is 12.4 Å². The van der Waals surface area contributed by atoms with Gasteiger partial charge in [-0.2, -0.15) is 26.3 Å². The summed E-state index contributed by atoms with van der Waals surface area (Å²) in [6, 6.07) is 23.6. The number of rotatable bonds is 2. The van der Waals surface area contributed by atoms with E-state index >= 15 is 0 Å². The largest absolute Gasteiger partial charge is 0.418 e. The van der Waals surface area contributed by atoms with Gasteiger partial charge < -0.3 is 10.6 Å². The van der Waals surface area contributed by atoms with Crippen molar-refractivity contribution in [3.8, 4) is 0 Å². The average molecular weight is 585 g/mol. The van der Waals surface area contributed by atoms with E-state index in [1.807, 2.05) is 0 Å². The zero-order chi connectivity index (χ0) is 30.1. The molecule has 0 aliphatic carbocycles. The maximum absolute atomic E-state index is 13.1. The Hall–Kier alpha value is -5.00. The van der Waals surface area contributed by atoms with Crippen LogP contribution in [0.15, 0.2) is 97.1 Å². The van der Waals surface area contributed by atoms with Crippen LogP contribution in [0.4, 0.5) is 49.1 Å². The van der Waals surface area contributed by atoms with E-state index in [1.54, 1.807) is 48.5 Å². The fourth-order valence-electron chi connectivity index (χ4n) is 4.70. The zero-order valence-electron chi connectivity index (χ0n) is 21.6. The lowest BCUT2D eigenvalue weighted by Gasteiger charge is -2.31. The summed E-state index contributed by atoms with van der Waals surface area (Å²) < 4.78 is 78.4.